The summed E-state index contributed by atoms with van der Waals surface area (Å²) in [5.41, 5.74) is 0.161. The first-order valence-corrected chi connectivity index (χ1v) is 5.14. The Morgan fingerprint density at radius 1 is 1.22 bits per heavy atom. The van der Waals surface area contributed by atoms with E-state index in [0.717, 1.165) is 12.1 Å². The van der Waals surface area contributed by atoms with Gasteiger partial charge in [-0.1, -0.05) is 12.1 Å². The van der Waals surface area contributed by atoms with Gasteiger partial charge in [-0.2, -0.15) is 18.2 Å². The minimum atomic E-state index is -4.35. The summed E-state index contributed by atoms with van der Waals surface area (Å²) >= 11 is 0. The van der Waals surface area contributed by atoms with Gasteiger partial charge in [-0.15, -0.1) is 0 Å². The highest BCUT2D eigenvalue weighted by atomic mass is 19.4. The summed E-state index contributed by atoms with van der Waals surface area (Å²) in [6, 6.07) is 5.04. The fourth-order valence-corrected chi connectivity index (χ4v) is 1.72. The van der Waals surface area contributed by atoms with Gasteiger partial charge in [0.25, 0.3) is 0 Å². The van der Waals surface area contributed by atoms with E-state index >= 15 is 0 Å². The quantitative estimate of drug-likeness (QED) is 0.662. The number of nitrogens with zero attached hydrogens (tertiary/aromatic N) is 2. The highest BCUT2D eigenvalue weighted by Crippen LogP contribution is 2.31. The van der Waals surface area contributed by atoms with Crippen LogP contribution in [0.25, 0.3) is 17.1 Å². The molecule has 0 bridgehead atoms. The van der Waals surface area contributed by atoms with Gasteiger partial charge in [-0.05, 0) is 12.1 Å². The Balaban J connectivity index is 2.09. The number of aromatic nitrogens is 2. The van der Waals surface area contributed by atoms with Crippen molar-refractivity contribution < 1.29 is 17.6 Å². The second kappa shape index (κ2) is 3.63. The maximum atomic E-state index is 12.6. The Morgan fingerprint density at radius 2 is 2.06 bits per heavy atom. The fraction of sp³-hybridized carbons (Fsp3) is 0.0833. The molecular weight excluding hydrogens is 245 g/mol. The van der Waals surface area contributed by atoms with Crippen molar-refractivity contribution >= 4 is 5.84 Å². The number of imidazole rings is 1. The molecule has 0 saturated carbocycles. The van der Waals surface area contributed by atoms with E-state index < -0.39 is 11.7 Å². The number of halogens is 3. The molecule has 2 aromatic heterocycles. The first kappa shape index (κ1) is 10.9. The van der Waals surface area contributed by atoms with Gasteiger partial charge in [0, 0.05) is 18.0 Å². The molecule has 0 fully saturated rings. The highest BCUT2D eigenvalue weighted by molar-refractivity contribution is 5.62. The maximum absolute atomic E-state index is 12.6. The summed E-state index contributed by atoms with van der Waals surface area (Å²) in [6.07, 6.45) is 0.362. The van der Waals surface area contributed by atoms with Crippen molar-refractivity contribution in [3.05, 3.63) is 48.5 Å². The predicted molar refractivity (Wildman–Crippen MR) is 57.9 cm³/mol. The molecule has 0 N–H and O–H groups in total. The Labute approximate surface area is 99.5 Å². The molecule has 2 heterocycles. The number of benzene rings is 1. The second-order valence-corrected chi connectivity index (χ2v) is 3.80. The van der Waals surface area contributed by atoms with Crippen molar-refractivity contribution in [3.63, 3.8) is 0 Å². The van der Waals surface area contributed by atoms with Crippen LogP contribution in [-0.4, -0.2) is 9.38 Å². The monoisotopic (exact) mass is 252 g/mol. The molecule has 0 saturated heterocycles. The lowest BCUT2D eigenvalue weighted by atomic mass is 10.1. The molecule has 0 aliphatic heterocycles. The molecule has 3 rings (SSSR count). The van der Waals surface area contributed by atoms with Crippen LogP contribution in [0, 0.1) is 0 Å². The third kappa shape index (κ3) is 1.75. The van der Waals surface area contributed by atoms with Crippen molar-refractivity contribution in [3.8, 4) is 11.3 Å². The molecule has 6 heteroatoms. The molecule has 0 aliphatic carbocycles. The number of hydrogen-bond donors (Lipinski definition) is 0. The predicted octanol–water partition coefficient (Wildman–Crippen LogP) is 3.61. The molecule has 0 unspecified atom stereocenters. The van der Waals surface area contributed by atoms with Gasteiger partial charge in [-0.25, -0.2) is 0 Å². The molecular formula is C12H7F3N2O. The lowest BCUT2D eigenvalue weighted by Gasteiger charge is -2.07. The van der Waals surface area contributed by atoms with Crippen molar-refractivity contribution in [1.29, 1.82) is 0 Å². The van der Waals surface area contributed by atoms with Crippen LogP contribution in [0.5, 0.6) is 0 Å². The third-order valence-electron chi connectivity index (χ3n) is 2.58. The molecule has 92 valence electrons. The van der Waals surface area contributed by atoms with Crippen LogP contribution in [0.15, 0.2) is 47.3 Å². The average molecular weight is 252 g/mol. The van der Waals surface area contributed by atoms with E-state index in [9.17, 15) is 13.2 Å². The smallest absolute Gasteiger partial charge is 0.416 e. The van der Waals surface area contributed by atoms with E-state index in [1.54, 1.807) is 22.9 Å². The Bertz CT molecular complexity index is 668. The summed E-state index contributed by atoms with van der Waals surface area (Å²) in [5.74, 6) is 0.349. The van der Waals surface area contributed by atoms with E-state index in [0.29, 0.717) is 17.1 Å². The van der Waals surface area contributed by atoms with Crippen molar-refractivity contribution in [2.45, 2.75) is 6.18 Å². The van der Waals surface area contributed by atoms with Crippen LogP contribution in [-0.2, 0) is 6.18 Å². The first-order chi connectivity index (χ1) is 8.54. The SMILES string of the molecule is FC(F)(F)c1cccc(-c2cn3ccoc3n2)c1. The minimum absolute atomic E-state index is 0.349. The van der Waals surface area contributed by atoms with E-state index in [2.05, 4.69) is 4.98 Å². The molecule has 0 atom stereocenters. The van der Waals surface area contributed by atoms with Gasteiger partial charge in [0.15, 0.2) is 0 Å². The topological polar surface area (TPSA) is 30.4 Å². The zero-order valence-electron chi connectivity index (χ0n) is 8.98. The Hall–Kier alpha value is -2.24. The van der Waals surface area contributed by atoms with Crippen molar-refractivity contribution in [2.75, 3.05) is 0 Å². The van der Waals surface area contributed by atoms with Crippen molar-refractivity contribution in [1.82, 2.24) is 9.38 Å². The summed E-state index contributed by atoms with van der Waals surface area (Å²) < 4.78 is 44.4. The lowest BCUT2D eigenvalue weighted by molar-refractivity contribution is -0.137. The Morgan fingerprint density at radius 3 is 2.78 bits per heavy atom. The van der Waals surface area contributed by atoms with E-state index in [-0.39, 0.29) is 0 Å². The molecule has 3 nitrogen and oxygen atoms in total. The van der Waals surface area contributed by atoms with Crippen LogP contribution in [0.3, 0.4) is 0 Å². The number of alkyl halides is 3. The molecule has 3 aromatic rings. The number of fused-ring (bicyclic) bond motifs is 1. The number of rotatable bonds is 1. The second-order valence-electron chi connectivity index (χ2n) is 3.80. The van der Waals surface area contributed by atoms with Crippen molar-refractivity contribution in [2.24, 2.45) is 0 Å². The first-order valence-electron chi connectivity index (χ1n) is 5.14. The largest absolute Gasteiger partial charge is 0.432 e. The van der Waals surface area contributed by atoms with E-state index in [1.807, 2.05) is 0 Å². The molecule has 0 spiro atoms. The average Bonchev–Trinajstić information content (AvgIpc) is 2.88. The van der Waals surface area contributed by atoms with Gasteiger partial charge in [-0.3, -0.25) is 4.40 Å². The van der Waals surface area contributed by atoms with Crippen LogP contribution in [0.2, 0.25) is 0 Å². The number of hydrogen-bond acceptors (Lipinski definition) is 2. The van der Waals surface area contributed by atoms with Gasteiger partial charge in [0.05, 0.1) is 11.3 Å². The normalized spacial score (nSPS) is 12.2. The summed E-state index contributed by atoms with van der Waals surface area (Å²) in [6.45, 7) is 0. The van der Waals surface area contributed by atoms with Crippen LogP contribution in [0.4, 0.5) is 13.2 Å². The maximum Gasteiger partial charge on any atom is 0.416 e. The molecule has 1 aromatic carbocycles. The summed E-state index contributed by atoms with van der Waals surface area (Å²) in [4.78, 5) is 4.10. The molecule has 0 amide bonds. The van der Waals surface area contributed by atoms with Gasteiger partial charge in [0.1, 0.15) is 6.26 Å². The summed E-state index contributed by atoms with van der Waals surface area (Å²) in [7, 11) is 0. The highest BCUT2D eigenvalue weighted by Gasteiger charge is 2.30. The zero-order valence-corrected chi connectivity index (χ0v) is 8.98. The fourth-order valence-electron chi connectivity index (χ4n) is 1.72. The Kier molecular flexibility index (Phi) is 2.19. The standard InChI is InChI=1S/C12H7F3N2O/c13-12(14,15)9-3-1-2-8(6-9)10-7-17-4-5-18-11(17)16-10/h1-7H. The third-order valence-corrected chi connectivity index (χ3v) is 2.58. The minimum Gasteiger partial charge on any atom is -0.432 e. The van der Waals surface area contributed by atoms with Crippen LogP contribution in [0.1, 0.15) is 5.56 Å². The molecule has 0 aliphatic rings. The van der Waals surface area contributed by atoms with Gasteiger partial charge >= 0.3 is 12.0 Å². The van der Waals surface area contributed by atoms with Gasteiger partial charge in [0.2, 0.25) is 0 Å². The lowest BCUT2D eigenvalue weighted by Crippen LogP contribution is -2.04. The number of oxazole rings is 1. The van der Waals surface area contributed by atoms with Gasteiger partial charge < -0.3 is 4.42 Å². The van der Waals surface area contributed by atoms with Crippen LogP contribution >= 0.6 is 0 Å². The zero-order chi connectivity index (χ0) is 12.8. The molecule has 0 radical (unpaired) electrons. The van der Waals surface area contributed by atoms with E-state index in [1.165, 1.54) is 12.3 Å². The summed E-state index contributed by atoms with van der Waals surface area (Å²) in [5, 5.41) is 0. The molecule has 18 heavy (non-hydrogen) atoms. The van der Waals surface area contributed by atoms with Crippen LogP contribution < -0.4 is 0 Å². The van der Waals surface area contributed by atoms with E-state index in [4.69, 9.17) is 4.42 Å².